The van der Waals surface area contributed by atoms with Gasteiger partial charge in [-0.05, 0) is 67.9 Å². The molecular formula is C36H37O10S2. The van der Waals surface area contributed by atoms with Crippen LogP contribution in [0.1, 0.15) is 31.9 Å². The molecule has 0 saturated heterocycles. The summed E-state index contributed by atoms with van der Waals surface area (Å²) in [6.45, 7) is 7.56. The fourth-order valence-electron chi connectivity index (χ4n) is 4.29. The average Bonchev–Trinajstić information content (AvgIpc) is 3.05. The van der Waals surface area contributed by atoms with Crippen LogP contribution in [-0.4, -0.2) is 46.3 Å². The molecule has 0 atom stereocenters. The predicted molar refractivity (Wildman–Crippen MR) is 182 cm³/mol. The molecule has 4 aromatic rings. The highest BCUT2D eigenvalue weighted by Crippen LogP contribution is 2.56. The van der Waals surface area contributed by atoms with Gasteiger partial charge < -0.3 is 33.2 Å². The van der Waals surface area contributed by atoms with Gasteiger partial charge in [0.25, 0.3) is 0 Å². The van der Waals surface area contributed by atoms with Crippen LogP contribution in [0.2, 0.25) is 0 Å². The zero-order chi connectivity index (χ0) is 35.4. The van der Waals surface area contributed by atoms with Gasteiger partial charge in [0.05, 0.1) is 38.2 Å². The summed E-state index contributed by atoms with van der Waals surface area (Å²) in [5, 5.41) is 0. The van der Waals surface area contributed by atoms with Gasteiger partial charge in [0, 0.05) is 36.1 Å². The summed E-state index contributed by atoms with van der Waals surface area (Å²) in [4.78, 5) is 37.9. The molecule has 0 aromatic heterocycles. The van der Waals surface area contributed by atoms with Crippen LogP contribution < -0.4 is 33.2 Å². The van der Waals surface area contributed by atoms with Crippen LogP contribution in [0.25, 0.3) is 0 Å². The first kappa shape index (κ1) is 37.6. The minimum atomic E-state index is -0.598. The third-order valence-corrected chi connectivity index (χ3v) is 8.74. The third kappa shape index (κ3) is 9.85. The molecular weight excluding hydrogens is 657 g/mol. The van der Waals surface area contributed by atoms with E-state index in [1.54, 1.807) is 45.0 Å². The van der Waals surface area contributed by atoms with E-state index >= 15 is 0 Å². The lowest BCUT2D eigenvalue weighted by Gasteiger charge is -2.22. The zero-order valence-corrected chi connectivity index (χ0v) is 29.8. The molecule has 253 valence electrons. The number of rotatable bonds is 11. The Morgan fingerprint density at radius 3 is 1.60 bits per heavy atom. The Hall–Kier alpha value is -4.81. The Morgan fingerprint density at radius 1 is 0.542 bits per heavy atom. The fourth-order valence-corrected chi connectivity index (χ4v) is 6.33. The Balaban J connectivity index is 0.000000308. The number of methoxy groups -OCH3 is 4. The second kappa shape index (κ2) is 17.9. The van der Waals surface area contributed by atoms with Crippen molar-refractivity contribution in [2.45, 2.75) is 54.2 Å². The molecule has 0 amide bonds. The number of esters is 3. The number of carbonyl (C=O) groups is 3. The van der Waals surface area contributed by atoms with Crippen molar-refractivity contribution in [2.24, 2.45) is 0 Å². The molecule has 0 aliphatic rings. The van der Waals surface area contributed by atoms with E-state index in [4.69, 9.17) is 33.2 Å². The molecule has 10 nitrogen and oxygen atoms in total. The molecule has 0 unspecified atom stereocenters. The summed E-state index contributed by atoms with van der Waals surface area (Å²) in [6.07, 6.45) is 0. The third-order valence-electron chi connectivity index (χ3n) is 6.32. The zero-order valence-electron chi connectivity index (χ0n) is 28.2. The molecule has 0 aliphatic heterocycles. The number of aryl methyl sites for hydroxylation is 1. The molecule has 0 bridgehead atoms. The lowest BCUT2D eigenvalue weighted by molar-refractivity contribution is -0.134. The van der Waals surface area contributed by atoms with Crippen molar-refractivity contribution < 1.29 is 47.5 Å². The molecule has 0 saturated carbocycles. The number of ether oxygens (including phenoxy) is 7. The standard InChI is InChI=1S/C22H26O8S.C14H11O2S/c1-11-9-10-15(25-5)17(26-6)21(11)31-22-12(2)16(29-13(3)23)19(30-14(4)24)18(27-7)20(22)28-8;1-11(15)16-12-7-9-14(10-8-12)17-13-5-3-2-4-6-13/h9-10H,1-8H3;3-10H,1H3. The lowest BCUT2D eigenvalue weighted by atomic mass is 10.1. The van der Waals surface area contributed by atoms with Crippen LogP contribution in [0.5, 0.6) is 40.2 Å². The van der Waals surface area contributed by atoms with Crippen molar-refractivity contribution in [1.29, 1.82) is 0 Å². The molecule has 0 aliphatic carbocycles. The van der Waals surface area contributed by atoms with Crippen LogP contribution >= 0.6 is 23.5 Å². The van der Waals surface area contributed by atoms with Gasteiger partial charge in [-0.2, -0.15) is 0 Å². The second-order valence-corrected chi connectivity index (χ2v) is 12.0. The van der Waals surface area contributed by atoms with E-state index in [2.05, 4.69) is 6.07 Å². The minimum absolute atomic E-state index is 0.0294. The predicted octanol–water partition coefficient (Wildman–Crippen LogP) is 7.90. The highest BCUT2D eigenvalue weighted by atomic mass is 32.2. The summed E-state index contributed by atoms with van der Waals surface area (Å²) in [5.41, 5.74) is 1.46. The molecule has 12 heteroatoms. The van der Waals surface area contributed by atoms with E-state index in [-0.39, 0.29) is 23.2 Å². The summed E-state index contributed by atoms with van der Waals surface area (Å²) in [6, 6.07) is 21.9. The van der Waals surface area contributed by atoms with Crippen molar-refractivity contribution in [3.05, 3.63) is 77.9 Å². The van der Waals surface area contributed by atoms with Gasteiger partial charge in [-0.3, -0.25) is 14.4 Å². The summed E-state index contributed by atoms with van der Waals surface area (Å²) >= 11 is 2.98. The number of hydrogen-bond acceptors (Lipinski definition) is 12. The summed E-state index contributed by atoms with van der Waals surface area (Å²) in [7, 11) is 5.99. The molecule has 48 heavy (non-hydrogen) atoms. The van der Waals surface area contributed by atoms with E-state index in [1.165, 1.54) is 46.8 Å². The maximum atomic E-state index is 11.8. The lowest BCUT2D eigenvalue weighted by Crippen LogP contribution is -2.11. The van der Waals surface area contributed by atoms with Crippen molar-refractivity contribution >= 4 is 41.4 Å². The highest BCUT2D eigenvalue weighted by molar-refractivity contribution is 7.99. The van der Waals surface area contributed by atoms with Crippen molar-refractivity contribution in [3.8, 4) is 40.2 Å². The Kier molecular flexibility index (Phi) is 14.1. The smallest absolute Gasteiger partial charge is 0.308 e. The van der Waals surface area contributed by atoms with Crippen LogP contribution in [0.15, 0.2) is 80.2 Å². The molecule has 0 heterocycles. The van der Waals surface area contributed by atoms with Crippen molar-refractivity contribution in [1.82, 2.24) is 0 Å². The number of hydrogen-bond donors (Lipinski definition) is 0. The second-order valence-electron chi connectivity index (χ2n) is 9.82. The van der Waals surface area contributed by atoms with E-state index in [0.717, 1.165) is 20.2 Å². The van der Waals surface area contributed by atoms with Gasteiger partial charge in [-0.15, -0.1) is 0 Å². The molecule has 1 radical (unpaired) electrons. The Morgan fingerprint density at radius 2 is 1.08 bits per heavy atom. The molecule has 0 spiro atoms. The van der Waals surface area contributed by atoms with Crippen LogP contribution in [-0.2, 0) is 14.4 Å². The summed E-state index contributed by atoms with van der Waals surface area (Å²) in [5.74, 6) is 0.700. The van der Waals surface area contributed by atoms with E-state index in [1.807, 2.05) is 55.5 Å². The monoisotopic (exact) mass is 693 g/mol. The number of benzene rings is 4. The van der Waals surface area contributed by atoms with E-state index < -0.39 is 11.9 Å². The topological polar surface area (TPSA) is 116 Å². The molecule has 0 fully saturated rings. The van der Waals surface area contributed by atoms with Gasteiger partial charge in [0.1, 0.15) is 5.75 Å². The van der Waals surface area contributed by atoms with Gasteiger partial charge in [-0.25, -0.2) is 0 Å². The van der Waals surface area contributed by atoms with Gasteiger partial charge in [-0.1, -0.05) is 41.7 Å². The first-order valence-electron chi connectivity index (χ1n) is 14.4. The molecule has 4 rings (SSSR count). The summed E-state index contributed by atoms with van der Waals surface area (Å²) < 4.78 is 37.8. The maximum Gasteiger partial charge on any atom is 0.308 e. The molecule has 4 aromatic carbocycles. The first-order chi connectivity index (χ1) is 22.9. The van der Waals surface area contributed by atoms with Crippen LogP contribution in [0, 0.1) is 19.9 Å². The van der Waals surface area contributed by atoms with Gasteiger partial charge in [0.2, 0.25) is 11.5 Å². The van der Waals surface area contributed by atoms with E-state index in [9.17, 15) is 14.4 Å². The quantitative estimate of drug-likeness (QED) is 0.112. The van der Waals surface area contributed by atoms with Crippen molar-refractivity contribution in [3.63, 3.8) is 0 Å². The van der Waals surface area contributed by atoms with Gasteiger partial charge in [0.15, 0.2) is 23.0 Å². The average molecular weight is 694 g/mol. The van der Waals surface area contributed by atoms with Gasteiger partial charge >= 0.3 is 17.9 Å². The highest BCUT2D eigenvalue weighted by Gasteiger charge is 2.30. The van der Waals surface area contributed by atoms with Crippen LogP contribution in [0.4, 0.5) is 0 Å². The Bertz CT molecular complexity index is 1740. The SMILES string of the molecule is CC(=O)Oc1ccc(Sc2cc[c]cc2)cc1.COc1ccc(C)c(Sc2c(C)c(OC(C)=O)c(OC(C)=O)c(OC)c2OC)c1OC. The largest absolute Gasteiger partial charge is 0.493 e. The molecule has 0 N–H and O–H groups in total. The maximum absolute atomic E-state index is 11.8. The minimum Gasteiger partial charge on any atom is -0.493 e. The van der Waals surface area contributed by atoms with Crippen LogP contribution in [0.3, 0.4) is 0 Å². The van der Waals surface area contributed by atoms with E-state index in [0.29, 0.717) is 33.5 Å². The Labute approximate surface area is 289 Å². The fraction of sp³-hybridized carbons (Fsp3) is 0.250. The normalized spacial score (nSPS) is 10.2. The first-order valence-corrected chi connectivity index (χ1v) is 16.0. The van der Waals surface area contributed by atoms with Crippen molar-refractivity contribution in [2.75, 3.05) is 28.4 Å². The number of carbonyl (C=O) groups excluding carboxylic acids is 3.